The van der Waals surface area contributed by atoms with E-state index in [9.17, 15) is 10.1 Å². The third-order valence-electron chi connectivity index (χ3n) is 6.94. The molecule has 0 unspecified atom stereocenters. The van der Waals surface area contributed by atoms with Crippen molar-refractivity contribution in [1.82, 2.24) is 9.47 Å². The second-order valence-electron chi connectivity index (χ2n) is 10.2. The highest BCUT2D eigenvalue weighted by Gasteiger charge is 2.25. The van der Waals surface area contributed by atoms with Crippen molar-refractivity contribution in [3.63, 3.8) is 0 Å². The second-order valence-corrected chi connectivity index (χ2v) is 10.2. The minimum absolute atomic E-state index is 0.00896. The lowest BCUT2D eigenvalue weighted by Crippen LogP contribution is -2.38. The molecule has 0 amide bonds. The van der Waals surface area contributed by atoms with Gasteiger partial charge in [-0.1, -0.05) is 38.1 Å². The first-order valence-electron chi connectivity index (χ1n) is 12.5. The highest BCUT2D eigenvalue weighted by molar-refractivity contribution is 6.08. The normalized spacial score (nSPS) is 12.0. The number of hydrogen-bond donors (Lipinski definition) is 1. The van der Waals surface area contributed by atoms with Crippen LogP contribution in [-0.4, -0.2) is 41.7 Å². The first-order chi connectivity index (χ1) is 17.7. The van der Waals surface area contributed by atoms with E-state index in [1.165, 1.54) is 42.1 Å². The van der Waals surface area contributed by atoms with Gasteiger partial charge >= 0.3 is 0 Å². The highest BCUT2D eigenvalue weighted by atomic mass is 16.6. The Bertz CT molecular complexity index is 1430. The van der Waals surface area contributed by atoms with Crippen LogP contribution in [0.1, 0.15) is 31.9 Å². The standard InChI is InChI=1S/C29H36N4O4/c1-6-32-24-10-8-7-9-22(24)23-13-20(11-12-25(23)32)16-31(19-29(2,3)18-30)17-21-14-27(36-4)28(37-5)15-26(21)33(34)35/h7-15H,6,16-19,30H2,1-5H3. The Labute approximate surface area is 217 Å². The van der Waals surface area contributed by atoms with Crippen molar-refractivity contribution in [2.24, 2.45) is 11.1 Å². The van der Waals surface area contributed by atoms with Crippen LogP contribution in [0.5, 0.6) is 11.5 Å². The summed E-state index contributed by atoms with van der Waals surface area (Å²) >= 11 is 0. The molecule has 0 spiro atoms. The molecule has 0 aliphatic rings. The first kappa shape index (κ1) is 26.4. The summed E-state index contributed by atoms with van der Waals surface area (Å²) in [4.78, 5) is 13.8. The molecule has 1 aromatic heterocycles. The molecule has 4 aromatic rings. The van der Waals surface area contributed by atoms with E-state index in [1.807, 2.05) is 0 Å². The van der Waals surface area contributed by atoms with Crippen molar-refractivity contribution in [2.45, 2.75) is 40.4 Å². The number of nitro groups is 1. The SMILES string of the molecule is CCn1c2ccccc2c2cc(CN(Cc3cc(OC)c(OC)cc3[N+](=O)[O-])CC(C)(C)CN)ccc21. The largest absolute Gasteiger partial charge is 0.493 e. The number of nitro benzene ring substituents is 1. The van der Waals surface area contributed by atoms with E-state index in [0.29, 0.717) is 43.2 Å². The minimum atomic E-state index is -0.366. The molecule has 8 heteroatoms. The Morgan fingerprint density at radius 2 is 1.65 bits per heavy atom. The van der Waals surface area contributed by atoms with E-state index >= 15 is 0 Å². The number of aryl methyl sites for hydroxylation is 1. The lowest BCUT2D eigenvalue weighted by atomic mass is 9.92. The maximum Gasteiger partial charge on any atom is 0.277 e. The quantitative estimate of drug-likeness (QED) is 0.207. The average molecular weight is 505 g/mol. The third-order valence-corrected chi connectivity index (χ3v) is 6.94. The number of hydrogen-bond acceptors (Lipinski definition) is 6. The van der Waals surface area contributed by atoms with Crippen molar-refractivity contribution in [2.75, 3.05) is 27.3 Å². The molecule has 0 atom stereocenters. The molecule has 37 heavy (non-hydrogen) atoms. The van der Waals surface area contributed by atoms with E-state index in [0.717, 1.165) is 12.1 Å². The highest BCUT2D eigenvalue weighted by Crippen LogP contribution is 2.36. The van der Waals surface area contributed by atoms with Crippen LogP contribution in [-0.2, 0) is 19.6 Å². The smallest absolute Gasteiger partial charge is 0.277 e. The monoisotopic (exact) mass is 504 g/mol. The summed E-state index contributed by atoms with van der Waals surface area (Å²) in [5.74, 6) is 0.805. The molecule has 2 N–H and O–H groups in total. The van der Waals surface area contributed by atoms with Crippen LogP contribution < -0.4 is 15.2 Å². The fourth-order valence-electron chi connectivity index (χ4n) is 5.08. The number of aromatic nitrogens is 1. The summed E-state index contributed by atoms with van der Waals surface area (Å²) in [6.45, 7) is 9.44. The zero-order chi connectivity index (χ0) is 26.7. The Morgan fingerprint density at radius 1 is 0.973 bits per heavy atom. The summed E-state index contributed by atoms with van der Waals surface area (Å²) in [6.07, 6.45) is 0. The van der Waals surface area contributed by atoms with Gasteiger partial charge in [-0.25, -0.2) is 0 Å². The first-order valence-corrected chi connectivity index (χ1v) is 12.5. The summed E-state index contributed by atoms with van der Waals surface area (Å²) in [7, 11) is 3.01. The van der Waals surface area contributed by atoms with E-state index in [4.69, 9.17) is 15.2 Å². The van der Waals surface area contributed by atoms with Gasteiger partial charge < -0.3 is 19.8 Å². The van der Waals surface area contributed by atoms with E-state index in [2.05, 4.69) is 72.7 Å². The van der Waals surface area contributed by atoms with Crippen LogP contribution in [0.15, 0.2) is 54.6 Å². The number of ether oxygens (including phenoxy) is 2. The van der Waals surface area contributed by atoms with Crippen LogP contribution in [0.25, 0.3) is 21.8 Å². The lowest BCUT2D eigenvalue weighted by Gasteiger charge is -2.32. The van der Waals surface area contributed by atoms with Gasteiger partial charge in [0.1, 0.15) is 0 Å². The van der Waals surface area contributed by atoms with Crippen molar-refractivity contribution in [3.05, 3.63) is 75.8 Å². The van der Waals surface area contributed by atoms with Gasteiger partial charge in [0.15, 0.2) is 11.5 Å². The van der Waals surface area contributed by atoms with Crippen molar-refractivity contribution in [3.8, 4) is 11.5 Å². The molecule has 196 valence electrons. The number of benzene rings is 3. The number of nitrogens with two attached hydrogens (primary N) is 1. The molecule has 4 rings (SSSR count). The van der Waals surface area contributed by atoms with Gasteiger partial charge in [0.05, 0.1) is 25.2 Å². The number of rotatable bonds is 11. The molecular formula is C29H36N4O4. The molecule has 0 saturated heterocycles. The average Bonchev–Trinajstić information content (AvgIpc) is 3.20. The lowest BCUT2D eigenvalue weighted by molar-refractivity contribution is -0.385. The second kappa shape index (κ2) is 10.8. The Kier molecular flexibility index (Phi) is 7.71. The molecule has 3 aromatic carbocycles. The van der Waals surface area contributed by atoms with Gasteiger partial charge in [0.2, 0.25) is 0 Å². The summed E-state index contributed by atoms with van der Waals surface area (Å²) < 4.78 is 13.1. The maximum absolute atomic E-state index is 11.9. The maximum atomic E-state index is 11.9. The molecule has 0 radical (unpaired) electrons. The zero-order valence-electron chi connectivity index (χ0n) is 22.3. The number of methoxy groups -OCH3 is 2. The zero-order valence-corrected chi connectivity index (χ0v) is 22.3. The molecule has 0 fully saturated rings. The van der Waals surface area contributed by atoms with Crippen LogP contribution in [0.2, 0.25) is 0 Å². The van der Waals surface area contributed by atoms with E-state index in [1.54, 1.807) is 6.07 Å². The van der Waals surface area contributed by atoms with Crippen molar-refractivity contribution < 1.29 is 14.4 Å². The van der Waals surface area contributed by atoms with Gasteiger partial charge in [-0.3, -0.25) is 15.0 Å². The fourth-order valence-corrected chi connectivity index (χ4v) is 5.08. The minimum Gasteiger partial charge on any atom is -0.493 e. The number of para-hydroxylation sites is 1. The Morgan fingerprint density at radius 3 is 2.30 bits per heavy atom. The number of nitrogens with zero attached hydrogens (tertiary/aromatic N) is 3. The Balaban J connectivity index is 1.75. The molecule has 0 bridgehead atoms. The Hall–Kier alpha value is -3.62. The van der Waals surface area contributed by atoms with Crippen LogP contribution in [0, 0.1) is 15.5 Å². The van der Waals surface area contributed by atoms with Gasteiger partial charge in [-0.2, -0.15) is 0 Å². The van der Waals surface area contributed by atoms with Crippen molar-refractivity contribution in [1.29, 1.82) is 0 Å². The molecule has 8 nitrogen and oxygen atoms in total. The van der Waals surface area contributed by atoms with E-state index < -0.39 is 0 Å². The summed E-state index contributed by atoms with van der Waals surface area (Å²) in [5, 5.41) is 14.4. The van der Waals surface area contributed by atoms with Gasteiger partial charge in [0.25, 0.3) is 5.69 Å². The predicted molar refractivity (Wildman–Crippen MR) is 148 cm³/mol. The molecule has 0 aliphatic heterocycles. The molecule has 0 saturated carbocycles. The predicted octanol–water partition coefficient (Wildman–Crippen LogP) is 5.73. The topological polar surface area (TPSA) is 95.8 Å². The van der Waals surface area contributed by atoms with Crippen molar-refractivity contribution >= 4 is 27.5 Å². The van der Waals surface area contributed by atoms with Crippen LogP contribution >= 0.6 is 0 Å². The third kappa shape index (κ3) is 5.40. The summed E-state index contributed by atoms with van der Waals surface area (Å²) in [6, 6.07) is 18.2. The molecule has 0 aliphatic carbocycles. The van der Waals surface area contributed by atoms with Crippen LogP contribution in [0.3, 0.4) is 0 Å². The van der Waals surface area contributed by atoms with Gasteiger partial charge in [-0.05, 0) is 48.7 Å². The fraction of sp³-hybridized carbons (Fsp3) is 0.379. The summed E-state index contributed by atoms with van der Waals surface area (Å²) in [5.41, 5.74) is 10.1. The molecular weight excluding hydrogens is 468 g/mol. The van der Waals surface area contributed by atoms with E-state index in [-0.39, 0.29) is 16.0 Å². The van der Waals surface area contributed by atoms with Gasteiger partial charge in [-0.15, -0.1) is 0 Å². The molecule has 1 heterocycles. The van der Waals surface area contributed by atoms with Crippen LogP contribution in [0.4, 0.5) is 5.69 Å². The number of fused-ring (bicyclic) bond motifs is 3. The van der Waals surface area contributed by atoms with Gasteiger partial charge in [0, 0.05) is 53.5 Å².